The van der Waals surface area contributed by atoms with E-state index in [0.717, 1.165) is 17.5 Å². The first-order valence-electron chi connectivity index (χ1n) is 9.79. The molecule has 1 aromatic heterocycles. The van der Waals surface area contributed by atoms with Crippen LogP contribution in [0.2, 0.25) is 5.02 Å². The average Bonchev–Trinajstić information content (AvgIpc) is 3.42. The molecular formula is C21H21ClN4O4S. The molecule has 0 spiro atoms. The third-order valence-electron chi connectivity index (χ3n) is 5.22. The fourth-order valence-corrected chi connectivity index (χ4v) is 4.68. The van der Waals surface area contributed by atoms with Crippen LogP contribution in [-0.2, 0) is 14.8 Å². The van der Waals surface area contributed by atoms with Crippen molar-refractivity contribution in [3.8, 4) is 11.4 Å². The number of sulfonamides is 1. The Morgan fingerprint density at radius 1 is 1.23 bits per heavy atom. The van der Waals surface area contributed by atoms with Gasteiger partial charge in [-0.1, -0.05) is 41.0 Å². The molecule has 0 aliphatic carbocycles. The monoisotopic (exact) mass is 460 g/mol. The third-order valence-corrected chi connectivity index (χ3v) is 6.89. The average molecular weight is 461 g/mol. The molecule has 31 heavy (non-hydrogen) atoms. The molecular weight excluding hydrogens is 440 g/mol. The Morgan fingerprint density at radius 2 is 1.97 bits per heavy atom. The second-order valence-electron chi connectivity index (χ2n) is 7.29. The van der Waals surface area contributed by atoms with Crippen LogP contribution >= 0.6 is 11.6 Å². The molecule has 1 fully saturated rings. The minimum Gasteiger partial charge on any atom is -0.337 e. The van der Waals surface area contributed by atoms with E-state index in [4.69, 9.17) is 16.1 Å². The number of hydrogen-bond donors (Lipinski definition) is 1. The molecule has 1 N–H and O–H groups in total. The van der Waals surface area contributed by atoms with Gasteiger partial charge in [-0.3, -0.25) is 4.79 Å². The van der Waals surface area contributed by atoms with E-state index in [9.17, 15) is 13.2 Å². The summed E-state index contributed by atoms with van der Waals surface area (Å²) in [4.78, 5) is 18.9. The SMILES string of the molecule is Cc1ccccc1-c1noc(C2CCCN2C(=O)CNS(=O)(=O)c2ccc(Cl)cc2)n1. The normalized spacial score (nSPS) is 16.6. The number of nitrogens with one attached hydrogen (secondary N) is 1. The molecule has 0 saturated carbocycles. The zero-order valence-electron chi connectivity index (χ0n) is 16.8. The van der Waals surface area contributed by atoms with E-state index in [1.807, 2.05) is 31.2 Å². The molecule has 1 aliphatic heterocycles. The number of halogens is 1. The van der Waals surface area contributed by atoms with Gasteiger partial charge in [-0.2, -0.15) is 4.98 Å². The number of aromatic nitrogens is 2. The highest BCUT2D eigenvalue weighted by molar-refractivity contribution is 7.89. The summed E-state index contributed by atoms with van der Waals surface area (Å²) in [5.41, 5.74) is 1.88. The van der Waals surface area contributed by atoms with Gasteiger partial charge in [0.2, 0.25) is 27.6 Å². The van der Waals surface area contributed by atoms with Crippen LogP contribution in [0.4, 0.5) is 0 Å². The Morgan fingerprint density at radius 3 is 2.71 bits per heavy atom. The zero-order chi connectivity index (χ0) is 22.0. The number of rotatable bonds is 6. The number of carbonyl (C=O) groups is 1. The van der Waals surface area contributed by atoms with Crippen LogP contribution < -0.4 is 4.72 Å². The maximum atomic E-state index is 12.8. The molecule has 3 aromatic rings. The van der Waals surface area contributed by atoms with Gasteiger partial charge in [0, 0.05) is 17.1 Å². The van der Waals surface area contributed by atoms with Gasteiger partial charge in [0.1, 0.15) is 6.04 Å². The van der Waals surface area contributed by atoms with E-state index < -0.39 is 10.0 Å². The van der Waals surface area contributed by atoms with Crippen LogP contribution in [0, 0.1) is 6.92 Å². The second kappa shape index (κ2) is 8.78. The Kier molecular flexibility index (Phi) is 6.08. The fourth-order valence-electron chi connectivity index (χ4n) is 3.58. The molecule has 4 rings (SSSR count). The summed E-state index contributed by atoms with van der Waals surface area (Å²) in [7, 11) is -3.83. The number of likely N-dealkylation sites (tertiary alicyclic amines) is 1. The summed E-state index contributed by atoms with van der Waals surface area (Å²) in [6.07, 6.45) is 1.44. The van der Waals surface area contributed by atoms with Crippen molar-refractivity contribution >= 4 is 27.5 Å². The molecule has 1 saturated heterocycles. The van der Waals surface area contributed by atoms with Crippen molar-refractivity contribution in [3.63, 3.8) is 0 Å². The lowest BCUT2D eigenvalue weighted by molar-refractivity contribution is -0.131. The van der Waals surface area contributed by atoms with Gasteiger partial charge in [0.25, 0.3) is 0 Å². The second-order valence-corrected chi connectivity index (χ2v) is 9.50. The smallest absolute Gasteiger partial charge is 0.249 e. The van der Waals surface area contributed by atoms with Crippen molar-refractivity contribution in [1.82, 2.24) is 19.8 Å². The van der Waals surface area contributed by atoms with E-state index in [1.165, 1.54) is 24.3 Å². The van der Waals surface area contributed by atoms with Crippen LogP contribution in [0.25, 0.3) is 11.4 Å². The van der Waals surface area contributed by atoms with Crippen molar-refractivity contribution in [1.29, 1.82) is 0 Å². The van der Waals surface area contributed by atoms with Gasteiger partial charge in [-0.15, -0.1) is 0 Å². The number of benzene rings is 2. The quantitative estimate of drug-likeness (QED) is 0.604. The number of aryl methyl sites for hydroxylation is 1. The van der Waals surface area contributed by atoms with Crippen molar-refractivity contribution in [2.45, 2.75) is 30.7 Å². The maximum absolute atomic E-state index is 12.8. The summed E-state index contributed by atoms with van der Waals surface area (Å²) in [5, 5.41) is 4.50. The molecule has 8 nitrogen and oxygen atoms in total. The maximum Gasteiger partial charge on any atom is 0.249 e. The van der Waals surface area contributed by atoms with Crippen molar-refractivity contribution in [2.24, 2.45) is 0 Å². The van der Waals surface area contributed by atoms with E-state index in [0.29, 0.717) is 29.7 Å². The number of hydrogen-bond acceptors (Lipinski definition) is 6. The van der Waals surface area contributed by atoms with E-state index in [1.54, 1.807) is 4.90 Å². The van der Waals surface area contributed by atoms with Crippen LogP contribution in [0.5, 0.6) is 0 Å². The lowest BCUT2D eigenvalue weighted by Crippen LogP contribution is -2.39. The number of amides is 1. The molecule has 2 aromatic carbocycles. The van der Waals surface area contributed by atoms with Crippen molar-refractivity contribution < 1.29 is 17.7 Å². The molecule has 1 unspecified atom stereocenters. The predicted octanol–water partition coefficient (Wildman–Crippen LogP) is 3.34. The van der Waals surface area contributed by atoms with E-state index in [-0.39, 0.29) is 23.4 Å². The van der Waals surface area contributed by atoms with Crippen LogP contribution in [0.3, 0.4) is 0 Å². The van der Waals surface area contributed by atoms with Gasteiger partial charge < -0.3 is 9.42 Å². The lowest BCUT2D eigenvalue weighted by Gasteiger charge is -2.22. The van der Waals surface area contributed by atoms with E-state index in [2.05, 4.69) is 14.9 Å². The summed E-state index contributed by atoms with van der Waals surface area (Å²) in [6, 6.07) is 13.1. The summed E-state index contributed by atoms with van der Waals surface area (Å²) >= 11 is 5.80. The molecule has 10 heteroatoms. The Labute approximate surface area is 185 Å². The highest BCUT2D eigenvalue weighted by Crippen LogP contribution is 2.32. The van der Waals surface area contributed by atoms with Crippen LogP contribution in [0.1, 0.15) is 30.3 Å². The third kappa shape index (κ3) is 4.63. The zero-order valence-corrected chi connectivity index (χ0v) is 18.4. The minimum absolute atomic E-state index is 0.0439. The summed E-state index contributed by atoms with van der Waals surface area (Å²) in [6.45, 7) is 2.10. The fraction of sp³-hybridized carbons (Fsp3) is 0.286. The highest BCUT2D eigenvalue weighted by Gasteiger charge is 2.34. The number of nitrogens with zero attached hydrogens (tertiary/aromatic N) is 3. The standard InChI is InChI=1S/C21H21ClN4O4S/c1-14-5-2-3-6-17(14)20-24-21(30-25-20)18-7-4-12-26(18)19(27)13-23-31(28,29)16-10-8-15(22)9-11-16/h2-3,5-6,8-11,18,23H,4,7,12-13H2,1H3. The molecule has 1 aliphatic rings. The molecule has 0 bridgehead atoms. The first-order chi connectivity index (χ1) is 14.8. The summed E-state index contributed by atoms with van der Waals surface area (Å²) in [5.74, 6) is 0.469. The van der Waals surface area contributed by atoms with Gasteiger partial charge >= 0.3 is 0 Å². The van der Waals surface area contributed by atoms with Gasteiger partial charge in [-0.05, 0) is 49.6 Å². The first kappa shape index (κ1) is 21.5. The molecule has 0 radical (unpaired) electrons. The van der Waals surface area contributed by atoms with Gasteiger partial charge in [0.15, 0.2) is 0 Å². The van der Waals surface area contributed by atoms with Gasteiger partial charge in [0.05, 0.1) is 11.4 Å². The lowest BCUT2D eigenvalue weighted by atomic mass is 10.1. The first-order valence-corrected chi connectivity index (χ1v) is 11.7. The molecule has 2 heterocycles. The Bertz CT molecular complexity index is 1190. The topological polar surface area (TPSA) is 105 Å². The number of carbonyl (C=O) groups excluding carboxylic acids is 1. The largest absolute Gasteiger partial charge is 0.337 e. The predicted molar refractivity (Wildman–Crippen MR) is 115 cm³/mol. The minimum atomic E-state index is -3.83. The molecule has 162 valence electrons. The Hall–Kier alpha value is -2.75. The molecule has 1 amide bonds. The summed E-state index contributed by atoms with van der Waals surface area (Å²) < 4.78 is 32.7. The van der Waals surface area contributed by atoms with Crippen molar-refractivity contribution in [3.05, 3.63) is 65.0 Å². The highest BCUT2D eigenvalue weighted by atomic mass is 35.5. The van der Waals surface area contributed by atoms with Gasteiger partial charge in [-0.25, -0.2) is 13.1 Å². The van der Waals surface area contributed by atoms with Crippen molar-refractivity contribution in [2.75, 3.05) is 13.1 Å². The molecule has 1 atom stereocenters. The van der Waals surface area contributed by atoms with Crippen LogP contribution in [-0.4, -0.2) is 42.5 Å². The Balaban J connectivity index is 1.45. The van der Waals surface area contributed by atoms with Crippen LogP contribution in [0.15, 0.2) is 57.9 Å². The van der Waals surface area contributed by atoms with E-state index >= 15 is 0 Å².